The number of nitrogens with one attached hydrogen (secondary N) is 2. The molecule has 0 aromatic carbocycles. The van der Waals surface area contributed by atoms with Crippen LogP contribution in [0.25, 0.3) is 0 Å². The molecule has 0 radical (unpaired) electrons. The summed E-state index contributed by atoms with van der Waals surface area (Å²) < 4.78 is 0. The van der Waals surface area contributed by atoms with Gasteiger partial charge in [-0.15, -0.1) is 0 Å². The molecule has 0 saturated carbocycles. The van der Waals surface area contributed by atoms with Crippen molar-refractivity contribution in [2.45, 2.75) is 25.8 Å². The van der Waals surface area contributed by atoms with Crippen LogP contribution in [0.3, 0.4) is 0 Å². The van der Waals surface area contributed by atoms with Crippen LogP contribution in [0.1, 0.15) is 24.8 Å². The Morgan fingerprint density at radius 3 is 2.89 bits per heavy atom. The minimum absolute atomic E-state index is 0.0128. The van der Waals surface area contributed by atoms with Gasteiger partial charge in [-0.05, 0) is 44.0 Å². The van der Waals surface area contributed by atoms with Crippen molar-refractivity contribution in [1.82, 2.24) is 15.6 Å². The Labute approximate surface area is 114 Å². The molecular formula is C14H22N4O. The number of piperidine rings is 1. The van der Waals surface area contributed by atoms with Crippen LogP contribution in [0, 0.1) is 0 Å². The number of amides is 1. The van der Waals surface area contributed by atoms with Crippen molar-refractivity contribution >= 4 is 11.7 Å². The maximum Gasteiger partial charge on any atom is 0.234 e. The maximum absolute atomic E-state index is 11.4. The van der Waals surface area contributed by atoms with E-state index in [1.165, 1.54) is 19.3 Å². The predicted octanol–water partition coefficient (Wildman–Crippen LogP) is 0.907. The molecule has 1 amide bonds. The average molecular weight is 262 g/mol. The van der Waals surface area contributed by atoms with Gasteiger partial charge in [-0.2, -0.15) is 0 Å². The van der Waals surface area contributed by atoms with E-state index in [9.17, 15) is 4.79 Å². The Kier molecular flexibility index (Phi) is 5.15. The fourth-order valence-electron chi connectivity index (χ4n) is 2.29. The third kappa shape index (κ3) is 4.21. The summed E-state index contributed by atoms with van der Waals surface area (Å²) in [6.45, 7) is 3.08. The number of nitrogens with zero attached hydrogens (tertiary/aromatic N) is 2. The Balaban J connectivity index is 1.92. The molecule has 5 nitrogen and oxygen atoms in total. The fraction of sp³-hybridized carbons (Fsp3) is 0.571. The normalized spacial score (nSPS) is 15.3. The summed E-state index contributed by atoms with van der Waals surface area (Å²) in [4.78, 5) is 18.2. The van der Waals surface area contributed by atoms with Crippen molar-refractivity contribution in [1.29, 1.82) is 0 Å². The Bertz CT molecular complexity index is 416. The molecule has 1 aromatic heterocycles. The number of anilines is 1. The van der Waals surface area contributed by atoms with Gasteiger partial charge in [-0.3, -0.25) is 4.79 Å². The summed E-state index contributed by atoms with van der Waals surface area (Å²) in [6, 6.07) is 4.03. The van der Waals surface area contributed by atoms with Crippen LogP contribution in [-0.4, -0.2) is 37.6 Å². The number of pyridine rings is 1. The first kappa shape index (κ1) is 13.8. The minimum Gasteiger partial charge on any atom is -0.357 e. The largest absolute Gasteiger partial charge is 0.357 e. The average Bonchev–Trinajstić information content (AvgIpc) is 2.47. The van der Waals surface area contributed by atoms with Gasteiger partial charge in [0.15, 0.2) is 0 Å². The maximum atomic E-state index is 11.4. The molecule has 0 unspecified atom stereocenters. The molecular weight excluding hydrogens is 240 g/mol. The van der Waals surface area contributed by atoms with Crippen molar-refractivity contribution in [3.63, 3.8) is 0 Å². The second-order valence-corrected chi connectivity index (χ2v) is 4.88. The molecule has 1 aliphatic heterocycles. The Morgan fingerprint density at radius 2 is 2.16 bits per heavy atom. The zero-order valence-electron chi connectivity index (χ0n) is 11.5. The molecule has 0 atom stereocenters. The summed E-state index contributed by atoms with van der Waals surface area (Å²) in [5.41, 5.74) is 1.10. The van der Waals surface area contributed by atoms with E-state index >= 15 is 0 Å². The van der Waals surface area contributed by atoms with Crippen molar-refractivity contribution in [3.05, 3.63) is 23.9 Å². The van der Waals surface area contributed by atoms with Gasteiger partial charge in [0, 0.05) is 25.8 Å². The first-order valence-electron chi connectivity index (χ1n) is 6.91. The third-order valence-electron chi connectivity index (χ3n) is 3.32. The van der Waals surface area contributed by atoms with Gasteiger partial charge in [-0.25, -0.2) is 4.98 Å². The highest BCUT2D eigenvalue weighted by atomic mass is 16.1. The number of hydrogen-bond donors (Lipinski definition) is 2. The van der Waals surface area contributed by atoms with E-state index in [0.29, 0.717) is 13.1 Å². The second-order valence-electron chi connectivity index (χ2n) is 4.88. The number of rotatable bonds is 5. The number of carbonyl (C=O) groups is 1. The van der Waals surface area contributed by atoms with Gasteiger partial charge in [0.2, 0.25) is 5.91 Å². The van der Waals surface area contributed by atoms with Crippen molar-refractivity contribution in [2.24, 2.45) is 0 Å². The highest BCUT2D eigenvalue weighted by Crippen LogP contribution is 2.18. The van der Waals surface area contributed by atoms with Gasteiger partial charge in [0.1, 0.15) is 5.82 Å². The molecule has 0 spiro atoms. The first-order valence-corrected chi connectivity index (χ1v) is 6.91. The monoisotopic (exact) mass is 262 g/mol. The molecule has 1 aromatic rings. The molecule has 2 N–H and O–H groups in total. The van der Waals surface area contributed by atoms with E-state index in [-0.39, 0.29) is 5.91 Å². The van der Waals surface area contributed by atoms with Gasteiger partial charge in [0.05, 0.1) is 6.54 Å². The summed E-state index contributed by atoms with van der Waals surface area (Å²) in [5, 5.41) is 5.72. The molecule has 1 aliphatic rings. The quantitative estimate of drug-likeness (QED) is 0.828. The summed E-state index contributed by atoms with van der Waals surface area (Å²) in [7, 11) is 1.76. The lowest BCUT2D eigenvalue weighted by Gasteiger charge is -2.27. The van der Waals surface area contributed by atoms with E-state index in [2.05, 4.69) is 26.6 Å². The van der Waals surface area contributed by atoms with E-state index in [4.69, 9.17) is 0 Å². The number of hydrogen-bond acceptors (Lipinski definition) is 4. The van der Waals surface area contributed by atoms with Crippen LogP contribution in [0.5, 0.6) is 0 Å². The lowest BCUT2D eigenvalue weighted by molar-refractivity contribution is -0.120. The van der Waals surface area contributed by atoms with Crippen LogP contribution in [0.15, 0.2) is 18.3 Å². The summed E-state index contributed by atoms with van der Waals surface area (Å²) in [5.74, 6) is 1.04. The van der Waals surface area contributed by atoms with Crippen LogP contribution < -0.4 is 15.5 Å². The molecule has 2 rings (SSSR count). The van der Waals surface area contributed by atoms with Gasteiger partial charge >= 0.3 is 0 Å². The third-order valence-corrected chi connectivity index (χ3v) is 3.32. The van der Waals surface area contributed by atoms with Gasteiger partial charge in [0.25, 0.3) is 0 Å². The standard InChI is InChI=1S/C14H22N4O/c1-15-11-14(19)17-10-12-5-6-16-13(9-12)18-7-3-2-4-8-18/h5-6,9,15H,2-4,7-8,10-11H2,1H3,(H,17,19). The van der Waals surface area contributed by atoms with Crippen LogP contribution in [0.2, 0.25) is 0 Å². The second kappa shape index (κ2) is 7.09. The van der Waals surface area contributed by atoms with Crippen LogP contribution in [-0.2, 0) is 11.3 Å². The van der Waals surface area contributed by atoms with Gasteiger partial charge < -0.3 is 15.5 Å². The summed E-state index contributed by atoms with van der Waals surface area (Å²) in [6.07, 6.45) is 5.62. The zero-order chi connectivity index (χ0) is 13.5. The Hall–Kier alpha value is -1.62. The van der Waals surface area contributed by atoms with Gasteiger partial charge in [-0.1, -0.05) is 0 Å². The minimum atomic E-state index is 0.0128. The lowest BCUT2D eigenvalue weighted by atomic mass is 10.1. The number of aromatic nitrogens is 1. The topological polar surface area (TPSA) is 57.3 Å². The molecule has 0 bridgehead atoms. The zero-order valence-corrected chi connectivity index (χ0v) is 11.5. The molecule has 1 fully saturated rings. The highest BCUT2D eigenvalue weighted by Gasteiger charge is 2.12. The van der Waals surface area contributed by atoms with E-state index in [1.807, 2.05) is 12.3 Å². The molecule has 19 heavy (non-hydrogen) atoms. The molecule has 0 aliphatic carbocycles. The molecule has 5 heteroatoms. The van der Waals surface area contributed by atoms with E-state index < -0.39 is 0 Å². The van der Waals surface area contributed by atoms with Crippen molar-refractivity contribution in [2.75, 3.05) is 31.6 Å². The summed E-state index contributed by atoms with van der Waals surface area (Å²) >= 11 is 0. The SMILES string of the molecule is CNCC(=O)NCc1ccnc(N2CCCCC2)c1. The van der Waals surface area contributed by atoms with Crippen LogP contribution in [0.4, 0.5) is 5.82 Å². The predicted molar refractivity (Wildman–Crippen MR) is 76.1 cm³/mol. The number of carbonyl (C=O) groups excluding carboxylic acids is 1. The fourth-order valence-corrected chi connectivity index (χ4v) is 2.29. The lowest BCUT2D eigenvalue weighted by Crippen LogP contribution is -2.32. The highest BCUT2D eigenvalue weighted by molar-refractivity contribution is 5.77. The molecule has 2 heterocycles. The van der Waals surface area contributed by atoms with Crippen molar-refractivity contribution < 1.29 is 4.79 Å². The van der Waals surface area contributed by atoms with E-state index in [0.717, 1.165) is 24.5 Å². The molecule has 1 saturated heterocycles. The first-order chi connectivity index (χ1) is 9.29. The Morgan fingerprint density at radius 1 is 1.37 bits per heavy atom. The van der Waals surface area contributed by atoms with Crippen molar-refractivity contribution in [3.8, 4) is 0 Å². The molecule has 104 valence electrons. The smallest absolute Gasteiger partial charge is 0.234 e. The van der Waals surface area contributed by atoms with Crippen LogP contribution >= 0.6 is 0 Å². The number of likely N-dealkylation sites (N-methyl/N-ethyl adjacent to an activating group) is 1. The van der Waals surface area contributed by atoms with E-state index in [1.54, 1.807) is 7.05 Å².